The molecular weight excluding hydrogens is 210 g/mol. The summed E-state index contributed by atoms with van der Waals surface area (Å²) in [6.45, 7) is 4.66. The van der Waals surface area contributed by atoms with E-state index in [0.717, 1.165) is 4.57 Å². The van der Waals surface area contributed by atoms with Gasteiger partial charge in [0.15, 0.2) is 11.5 Å². The second-order valence-corrected chi connectivity index (χ2v) is 3.39. The van der Waals surface area contributed by atoms with Gasteiger partial charge in [-0.05, 0) is 26.3 Å². The van der Waals surface area contributed by atoms with Gasteiger partial charge in [-0.2, -0.15) is 5.11 Å². The number of carbonyl (C=O) groups excluding carboxylic acids is 1. The second-order valence-electron chi connectivity index (χ2n) is 3.39. The fourth-order valence-corrected chi connectivity index (χ4v) is 1.65. The molecule has 0 spiro atoms. The van der Waals surface area contributed by atoms with E-state index >= 15 is 0 Å². The summed E-state index contributed by atoms with van der Waals surface area (Å²) < 4.78 is 1.02. The molecule has 0 aliphatic rings. The number of carbonyl (C=O) groups is 1. The van der Waals surface area contributed by atoms with E-state index in [1.54, 1.807) is 6.92 Å². The molecule has 0 aromatic carbocycles. The highest BCUT2D eigenvalue weighted by molar-refractivity contribution is 5.98. The molecule has 0 aliphatic heterocycles. The Bertz CT molecular complexity index is 517. The summed E-state index contributed by atoms with van der Waals surface area (Å²) in [4.78, 5) is 23.1. The third-order valence-electron chi connectivity index (χ3n) is 2.44. The number of ketones is 1. The average Bonchev–Trinajstić information content (AvgIpc) is 2.18. The van der Waals surface area contributed by atoms with Crippen LogP contribution in [0.5, 0.6) is 5.88 Å². The number of aromatic hydroxyl groups is 1. The van der Waals surface area contributed by atoms with Gasteiger partial charge in [0.1, 0.15) is 0 Å². The summed E-state index contributed by atoms with van der Waals surface area (Å²) in [6.07, 6.45) is 0. The van der Waals surface area contributed by atoms with Crippen molar-refractivity contribution < 1.29 is 9.90 Å². The zero-order chi connectivity index (χ0) is 12.5. The first-order valence-electron chi connectivity index (χ1n) is 4.80. The largest absolute Gasteiger partial charge is 0.494 e. The minimum absolute atomic E-state index is 0.0486. The highest BCUT2D eigenvalue weighted by atomic mass is 16.3. The smallest absolute Gasteiger partial charge is 0.281 e. The topological polar surface area (TPSA) is 95.5 Å². The van der Waals surface area contributed by atoms with Crippen LogP contribution in [0.25, 0.3) is 0 Å². The number of nitrogens with one attached hydrogen (secondary N) is 1. The van der Waals surface area contributed by atoms with Crippen LogP contribution in [0, 0.1) is 12.5 Å². The number of Topliss-reactive ketones (excluding diaryl/α,β-unsaturated/α-hetero) is 1. The maximum Gasteiger partial charge on any atom is 0.281 e. The molecule has 0 aliphatic carbocycles. The van der Waals surface area contributed by atoms with E-state index in [0.29, 0.717) is 0 Å². The Morgan fingerprint density at radius 3 is 2.50 bits per heavy atom. The third kappa shape index (κ3) is 1.62. The first-order chi connectivity index (χ1) is 7.45. The number of rotatable bonds is 3. The Morgan fingerprint density at radius 2 is 2.12 bits per heavy atom. The Morgan fingerprint density at radius 1 is 1.56 bits per heavy atom. The molecule has 1 heterocycles. The monoisotopic (exact) mass is 223 g/mol. The Kier molecular flexibility index (Phi) is 3.22. The van der Waals surface area contributed by atoms with Crippen molar-refractivity contribution in [2.45, 2.75) is 27.3 Å². The maximum atomic E-state index is 11.7. The normalized spacial score (nSPS) is 10.2. The molecule has 0 saturated carbocycles. The minimum atomic E-state index is -0.558. The first kappa shape index (κ1) is 12.1. The van der Waals surface area contributed by atoms with E-state index in [1.165, 1.54) is 13.8 Å². The van der Waals surface area contributed by atoms with E-state index in [4.69, 9.17) is 5.53 Å². The van der Waals surface area contributed by atoms with Gasteiger partial charge in [0, 0.05) is 6.54 Å². The van der Waals surface area contributed by atoms with E-state index in [9.17, 15) is 14.7 Å². The van der Waals surface area contributed by atoms with E-state index in [2.05, 4.69) is 5.11 Å². The van der Waals surface area contributed by atoms with Crippen LogP contribution in [0.3, 0.4) is 0 Å². The van der Waals surface area contributed by atoms with Gasteiger partial charge in [0.05, 0.1) is 5.56 Å². The second kappa shape index (κ2) is 4.26. The van der Waals surface area contributed by atoms with Crippen molar-refractivity contribution in [2.75, 3.05) is 0 Å². The molecule has 1 rings (SSSR count). The summed E-state index contributed by atoms with van der Waals surface area (Å²) in [7, 11) is 0. The maximum absolute atomic E-state index is 11.7. The fraction of sp³-hybridized carbons (Fsp3) is 0.400. The van der Waals surface area contributed by atoms with Crippen molar-refractivity contribution in [3.8, 4) is 5.88 Å². The molecule has 1 aromatic rings. The fourth-order valence-electron chi connectivity index (χ4n) is 1.65. The van der Waals surface area contributed by atoms with Crippen LogP contribution in [0.2, 0.25) is 0 Å². The van der Waals surface area contributed by atoms with Gasteiger partial charge in [-0.1, -0.05) is 0 Å². The van der Waals surface area contributed by atoms with Crippen molar-refractivity contribution in [1.82, 2.24) is 4.57 Å². The van der Waals surface area contributed by atoms with Crippen molar-refractivity contribution in [1.29, 1.82) is 5.53 Å². The molecule has 2 N–H and O–H groups in total. The predicted octanol–water partition coefficient (Wildman–Crippen LogP) is 1.75. The van der Waals surface area contributed by atoms with Gasteiger partial charge >= 0.3 is 0 Å². The molecule has 0 fully saturated rings. The lowest BCUT2D eigenvalue weighted by Crippen LogP contribution is -2.22. The van der Waals surface area contributed by atoms with Gasteiger partial charge < -0.3 is 5.11 Å². The molecule has 0 amide bonds. The molecule has 0 atom stereocenters. The molecule has 0 radical (unpaired) electrons. The van der Waals surface area contributed by atoms with Crippen LogP contribution in [0.4, 0.5) is 5.69 Å². The third-order valence-corrected chi connectivity index (χ3v) is 2.44. The predicted molar refractivity (Wildman–Crippen MR) is 57.6 cm³/mol. The minimum Gasteiger partial charge on any atom is -0.494 e. The molecule has 0 bridgehead atoms. The highest BCUT2D eigenvalue weighted by Gasteiger charge is 2.20. The Hall–Kier alpha value is -1.98. The summed E-state index contributed by atoms with van der Waals surface area (Å²) >= 11 is 0. The molecule has 0 unspecified atom stereocenters. The Labute approximate surface area is 92.0 Å². The van der Waals surface area contributed by atoms with Gasteiger partial charge in [-0.3, -0.25) is 14.2 Å². The lowest BCUT2D eigenvalue weighted by atomic mass is 10.1. The number of hydrogen-bond donors (Lipinski definition) is 2. The van der Waals surface area contributed by atoms with E-state index < -0.39 is 5.56 Å². The van der Waals surface area contributed by atoms with Crippen molar-refractivity contribution in [3.05, 3.63) is 21.5 Å². The van der Waals surface area contributed by atoms with Crippen LogP contribution in [-0.2, 0) is 6.54 Å². The summed E-state index contributed by atoms with van der Waals surface area (Å²) in [5.41, 5.74) is 6.55. The quantitative estimate of drug-likeness (QED) is 0.603. The van der Waals surface area contributed by atoms with Gasteiger partial charge in [-0.25, -0.2) is 5.53 Å². The van der Waals surface area contributed by atoms with Gasteiger partial charge in [0.2, 0.25) is 5.88 Å². The number of aromatic nitrogens is 1. The molecule has 86 valence electrons. The Balaban J connectivity index is 3.84. The van der Waals surface area contributed by atoms with Crippen LogP contribution in [0.1, 0.15) is 29.8 Å². The van der Waals surface area contributed by atoms with Crippen molar-refractivity contribution in [3.63, 3.8) is 0 Å². The summed E-state index contributed by atoms with van der Waals surface area (Å²) in [5.74, 6) is -0.716. The average molecular weight is 223 g/mol. The summed E-state index contributed by atoms with van der Waals surface area (Å²) in [5, 5.41) is 12.9. The molecule has 16 heavy (non-hydrogen) atoms. The van der Waals surface area contributed by atoms with Crippen molar-refractivity contribution in [2.24, 2.45) is 5.11 Å². The highest BCUT2D eigenvalue weighted by Crippen LogP contribution is 2.26. The van der Waals surface area contributed by atoms with Crippen LogP contribution < -0.4 is 5.56 Å². The zero-order valence-corrected chi connectivity index (χ0v) is 9.37. The number of pyridine rings is 1. The van der Waals surface area contributed by atoms with E-state index in [1.807, 2.05) is 0 Å². The molecule has 1 aromatic heterocycles. The van der Waals surface area contributed by atoms with Gasteiger partial charge in [0.25, 0.3) is 5.56 Å². The molecular formula is C10H13N3O3. The number of hydrogen-bond acceptors (Lipinski definition) is 5. The molecule has 6 heteroatoms. The van der Waals surface area contributed by atoms with Crippen LogP contribution >= 0.6 is 0 Å². The summed E-state index contributed by atoms with van der Waals surface area (Å²) in [6, 6.07) is 0. The standard InChI is InChI=1S/C10H13N3O3/c1-4-13-9(15)7(6(3)14)5(2)8(12-11)10(13)16/h11,15H,4H2,1-3H3. The first-order valence-corrected chi connectivity index (χ1v) is 4.80. The lowest BCUT2D eigenvalue weighted by Gasteiger charge is -2.12. The van der Waals surface area contributed by atoms with Crippen LogP contribution in [0.15, 0.2) is 9.91 Å². The zero-order valence-electron chi connectivity index (χ0n) is 9.37. The van der Waals surface area contributed by atoms with Gasteiger partial charge in [-0.15, -0.1) is 0 Å². The van der Waals surface area contributed by atoms with Crippen molar-refractivity contribution >= 4 is 11.5 Å². The SMILES string of the molecule is CCn1c(O)c(C(C)=O)c(C)c(N=N)c1=O. The lowest BCUT2D eigenvalue weighted by molar-refractivity contribution is 0.101. The number of nitrogens with zero attached hydrogens (tertiary/aromatic N) is 2. The molecule has 6 nitrogen and oxygen atoms in total. The van der Waals surface area contributed by atoms with Crippen LogP contribution in [-0.4, -0.2) is 15.5 Å². The molecule has 0 saturated heterocycles. The van der Waals surface area contributed by atoms with E-state index in [-0.39, 0.29) is 35.0 Å².